The summed E-state index contributed by atoms with van der Waals surface area (Å²) < 4.78 is 0. The lowest BCUT2D eigenvalue weighted by molar-refractivity contribution is -0.143. The minimum absolute atomic E-state index is 0.341. The van der Waals surface area contributed by atoms with Gasteiger partial charge in [0.2, 0.25) is 0 Å². The minimum atomic E-state index is -0.879. The van der Waals surface area contributed by atoms with Gasteiger partial charge in [-0.25, -0.2) is 0 Å². The van der Waals surface area contributed by atoms with Crippen LogP contribution in [0, 0.1) is 0 Å². The lowest BCUT2D eigenvalue weighted by Crippen LogP contribution is -2.31. The highest BCUT2D eigenvalue weighted by Crippen LogP contribution is 2.34. The number of carboxylic acid groups (broad SMARTS) is 1. The van der Waals surface area contributed by atoms with Crippen molar-refractivity contribution in [1.82, 2.24) is 4.90 Å². The van der Waals surface area contributed by atoms with E-state index in [0.29, 0.717) is 15.6 Å². The Labute approximate surface area is 110 Å². The second kappa shape index (κ2) is 5.25. The fourth-order valence-corrected chi connectivity index (χ4v) is 2.63. The molecule has 17 heavy (non-hydrogen) atoms. The van der Waals surface area contributed by atoms with Crippen LogP contribution >= 0.6 is 23.2 Å². The summed E-state index contributed by atoms with van der Waals surface area (Å²) in [6, 6.07) is 4.43. The molecule has 1 aliphatic rings. The standard InChI is InChI=1S/C12H13Cl2NO2/c13-9-5-3-4-8(10(9)14)11(12(16)17)15-6-1-2-7-15/h3-5,11H,1-2,6-7H2,(H,16,17)/t11-/m1/s1. The minimum Gasteiger partial charge on any atom is -0.480 e. The Kier molecular flexibility index (Phi) is 3.92. The molecule has 0 bridgehead atoms. The summed E-state index contributed by atoms with van der Waals surface area (Å²) in [5, 5.41) is 10.1. The van der Waals surface area contributed by atoms with Crippen molar-refractivity contribution in [3.05, 3.63) is 33.8 Å². The molecule has 1 aromatic rings. The second-order valence-corrected chi connectivity index (χ2v) is 4.91. The number of aliphatic carboxylic acids is 1. The van der Waals surface area contributed by atoms with Gasteiger partial charge in [-0.05, 0) is 32.0 Å². The van der Waals surface area contributed by atoms with Crippen LogP contribution in [0.4, 0.5) is 0 Å². The van der Waals surface area contributed by atoms with Crippen molar-refractivity contribution in [1.29, 1.82) is 0 Å². The molecule has 1 aromatic carbocycles. The van der Waals surface area contributed by atoms with Gasteiger partial charge in [0, 0.05) is 5.56 Å². The Hall–Kier alpha value is -0.770. The summed E-state index contributed by atoms with van der Waals surface area (Å²) in [7, 11) is 0. The summed E-state index contributed by atoms with van der Waals surface area (Å²) in [4.78, 5) is 13.3. The second-order valence-electron chi connectivity index (χ2n) is 4.13. The number of hydrogen-bond donors (Lipinski definition) is 1. The molecule has 0 unspecified atom stereocenters. The van der Waals surface area contributed by atoms with Gasteiger partial charge in [-0.15, -0.1) is 0 Å². The summed E-state index contributed by atoms with van der Waals surface area (Å²) in [5.74, 6) is -0.879. The molecular weight excluding hydrogens is 261 g/mol. The molecule has 1 heterocycles. The van der Waals surface area contributed by atoms with Gasteiger partial charge in [0.1, 0.15) is 6.04 Å². The van der Waals surface area contributed by atoms with E-state index >= 15 is 0 Å². The molecular formula is C12H13Cl2NO2. The Morgan fingerprint density at radius 1 is 1.29 bits per heavy atom. The first kappa shape index (κ1) is 12.7. The first-order chi connectivity index (χ1) is 8.11. The first-order valence-electron chi connectivity index (χ1n) is 5.52. The van der Waals surface area contributed by atoms with E-state index in [1.807, 2.05) is 4.90 Å². The molecule has 0 spiro atoms. The summed E-state index contributed by atoms with van der Waals surface area (Å²) in [5.41, 5.74) is 0.577. The molecule has 1 saturated heterocycles. The SMILES string of the molecule is O=C(O)[C@@H](c1cccc(Cl)c1Cl)N1CCCC1. The van der Waals surface area contributed by atoms with Gasteiger partial charge >= 0.3 is 5.97 Å². The molecule has 1 N–H and O–H groups in total. The maximum absolute atomic E-state index is 11.4. The van der Waals surface area contributed by atoms with E-state index in [9.17, 15) is 9.90 Å². The molecule has 1 atom stereocenters. The number of carboxylic acids is 1. The zero-order valence-electron chi connectivity index (χ0n) is 9.20. The highest BCUT2D eigenvalue weighted by Gasteiger charge is 2.31. The number of nitrogens with zero attached hydrogens (tertiary/aromatic N) is 1. The number of carbonyl (C=O) groups is 1. The molecule has 1 aliphatic heterocycles. The van der Waals surface area contributed by atoms with Crippen LogP contribution < -0.4 is 0 Å². The normalized spacial score (nSPS) is 18.2. The fourth-order valence-electron chi connectivity index (χ4n) is 2.22. The van der Waals surface area contributed by atoms with Crippen molar-refractivity contribution in [3.8, 4) is 0 Å². The third kappa shape index (κ3) is 2.57. The van der Waals surface area contributed by atoms with Crippen LogP contribution in [0.2, 0.25) is 10.0 Å². The number of hydrogen-bond acceptors (Lipinski definition) is 2. The van der Waals surface area contributed by atoms with Crippen molar-refractivity contribution in [2.45, 2.75) is 18.9 Å². The molecule has 0 aromatic heterocycles. The van der Waals surface area contributed by atoms with Gasteiger partial charge in [0.05, 0.1) is 10.0 Å². The van der Waals surface area contributed by atoms with E-state index in [4.69, 9.17) is 23.2 Å². The molecule has 92 valence electrons. The predicted molar refractivity (Wildman–Crippen MR) is 67.6 cm³/mol. The third-order valence-electron chi connectivity index (χ3n) is 3.02. The number of rotatable bonds is 3. The zero-order chi connectivity index (χ0) is 12.4. The third-order valence-corrected chi connectivity index (χ3v) is 3.85. The monoisotopic (exact) mass is 273 g/mol. The highest BCUT2D eigenvalue weighted by molar-refractivity contribution is 6.42. The molecule has 0 saturated carbocycles. The van der Waals surface area contributed by atoms with E-state index in [2.05, 4.69) is 0 Å². The van der Waals surface area contributed by atoms with Gasteiger partial charge in [-0.2, -0.15) is 0 Å². The highest BCUT2D eigenvalue weighted by atomic mass is 35.5. The largest absolute Gasteiger partial charge is 0.480 e. The fraction of sp³-hybridized carbons (Fsp3) is 0.417. The predicted octanol–water partition coefficient (Wildman–Crippen LogP) is 3.21. The van der Waals surface area contributed by atoms with Crippen LogP contribution in [0.3, 0.4) is 0 Å². The average molecular weight is 274 g/mol. The molecule has 2 rings (SSSR count). The van der Waals surface area contributed by atoms with Gasteiger partial charge in [0.25, 0.3) is 0 Å². The zero-order valence-corrected chi connectivity index (χ0v) is 10.7. The molecule has 0 amide bonds. The van der Waals surface area contributed by atoms with Crippen LogP contribution in [0.5, 0.6) is 0 Å². The maximum Gasteiger partial charge on any atom is 0.325 e. The van der Waals surface area contributed by atoms with Gasteiger partial charge in [-0.3, -0.25) is 9.69 Å². The van der Waals surface area contributed by atoms with E-state index in [-0.39, 0.29) is 0 Å². The van der Waals surface area contributed by atoms with E-state index < -0.39 is 12.0 Å². The topological polar surface area (TPSA) is 40.5 Å². The van der Waals surface area contributed by atoms with Gasteiger partial charge in [-0.1, -0.05) is 35.3 Å². The molecule has 0 radical (unpaired) electrons. The van der Waals surface area contributed by atoms with Crippen molar-refractivity contribution in [2.75, 3.05) is 13.1 Å². The summed E-state index contributed by atoms with van der Waals surface area (Å²) in [6.07, 6.45) is 2.06. The van der Waals surface area contributed by atoms with Crippen molar-refractivity contribution in [2.24, 2.45) is 0 Å². The lowest BCUT2D eigenvalue weighted by atomic mass is 10.1. The number of benzene rings is 1. The van der Waals surface area contributed by atoms with Crippen LogP contribution in [0.25, 0.3) is 0 Å². The van der Waals surface area contributed by atoms with Crippen LogP contribution in [0.15, 0.2) is 18.2 Å². The maximum atomic E-state index is 11.4. The molecule has 1 fully saturated rings. The van der Waals surface area contributed by atoms with Crippen LogP contribution in [-0.4, -0.2) is 29.1 Å². The summed E-state index contributed by atoms with van der Waals surface area (Å²) in [6.45, 7) is 1.58. The first-order valence-corrected chi connectivity index (χ1v) is 6.27. The Morgan fingerprint density at radius 2 is 1.94 bits per heavy atom. The lowest BCUT2D eigenvalue weighted by Gasteiger charge is -2.25. The summed E-state index contributed by atoms with van der Waals surface area (Å²) >= 11 is 12.0. The Bertz CT molecular complexity index is 431. The molecule has 5 heteroatoms. The van der Waals surface area contributed by atoms with Crippen molar-refractivity contribution >= 4 is 29.2 Å². The van der Waals surface area contributed by atoms with Gasteiger partial charge in [0.15, 0.2) is 0 Å². The smallest absolute Gasteiger partial charge is 0.325 e. The Morgan fingerprint density at radius 3 is 2.53 bits per heavy atom. The number of likely N-dealkylation sites (tertiary alicyclic amines) is 1. The quantitative estimate of drug-likeness (QED) is 0.920. The Balaban J connectivity index is 2.38. The molecule has 0 aliphatic carbocycles. The van der Waals surface area contributed by atoms with Crippen LogP contribution in [-0.2, 0) is 4.79 Å². The van der Waals surface area contributed by atoms with Crippen molar-refractivity contribution < 1.29 is 9.90 Å². The van der Waals surface area contributed by atoms with E-state index in [0.717, 1.165) is 25.9 Å². The molecule has 3 nitrogen and oxygen atoms in total. The van der Waals surface area contributed by atoms with E-state index in [1.54, 1.807) is 18.2 Å². The average Bonchev–Trinajstić information content (AvgIpc) is 2.77. The van der Waals surface area contributed by atoms with Gasteiger partial charge < -0.3 is 5.11 Å². The van der Waals surface area contributed by atoms with Crippen LogP contribution in [0.1, 0.15) is 24.4 Å². The van der Waals surface area contributed by atoms with Crippen molar-refractivity contribution in [3.63, 3.8) is 0 Å². The van der Waals surface area contributed by atoms with E-state index in [1.165, 1.54) is 0 Å². The number of halogens is 2.